The van der Waals surface area contributed by atoms with E-state index in [9.17, 15) is 4.79 Å². The van der Waals surface area contributed by atoms with Crippen LogP contribution in [0.5, 0.6) is 0 Å². The van der Waals surface area contributed by atoms with Gasteiger partial charge in [0.25, 0.3) is 0 Å². The van der Waals surface area contributed by atoms with Gasteiger partial charge in [-0.15, -0.1) is 0 Å². The summed E-state index contributed by atoms with van der Waals surface area (Å²) < 4.78 is 17.6. The Bertz CT molecular complexity index is 800. The van der Waals surface area contributed by atoms with Crippen LogP contribution in [-0.4, -0.2) is 34.9 Å². The molecular formula is C19H26BNO4. The van der Waals surface area contributed by atoms with Gasteiger partial charge in [0.1, 0.15) is 11.3 Å². The topological polar surface area (TPSA) is 60.6 Å². The lowest BCUT2D eigenvalue weighted by Gasteiger charge is -2.32. The van der Waals surface area contributed by atoms with Crippen LogP contribution in [0.15, 0.2) is 24.3 Å². The Morgan fingerprint density at radius 3 is 2.24 bits per heavy atom. The van der Waals surface area contributed by atoms with Crippen molar-refractivity contribution in [2.45, 2.75) is 65.3 Å². The zero-order valence-corrected chi connectivity index (χ0v) is 16.0. The summed E-state index contributed by atoms with van der Waals surface area (Å²) in [6.45, 7) is 13.7. The molecule has 0 aliphatic carbocycles. The highest BCUT2D eigenvalue weighted by atomic mass is 16.7. The van der Waals surface area contributed by atoms with Crippen LogP contribution >= 0.6 is 0 Å². The Labute approximate surface area is 149 Å². The molecule has 2 heterocycles. The molecule has 1 saturated heterocycles. The third-order valence-corrected chi connectivity index (χ3v) is 4.79. The van der Waals surface area contributed by atoms with E-state index in [2.05, 4.69) is 4.98 Å². The van der Waals surface area contributed by atoms with Crippen LogP contribution in [0, 0.1) is 0 Å². The first-order valence-corrected chi connectivity index (χ1v) is 8.60. The summed E-state index contributed by atoms with van der Waals surface area (Å²) in [5.74, 6) is -0.360. The van der Waals surface area contributed by atoms with Gasteiger partial charge in [-0.3, -0.25) is 0 Å². The van der Waals surface area contributed by atoms with Gasteiger partial charge in [-0.05, 0) is 66.1 Å². The molecule has 1 N–H and O–H groups in total. The molecule has 0 amide bonds. The molecule has 1 aliphatic heterocycles. The molecule has 3 rings (SSSR count). The van der Waals surface area contributed by atoms with Crippen LogP contribution in [0.4, 0.5) is 0 Å². The van der Waals surface area contributed by atoms with Crippen molar-refractivity contribution in [3.05, 3.63) is 30.0 Å². The van der Waals surface area contributed by atoms with Crippen LogP contribution in [-0.2, 0) is 14.0 Å². The van der Waals surface area contributed by atoms with Gasteiger partial charge < -0.3 is 19.0 Å². The number of ether oxygens (including phenoxy) is 1. The molecule has 1 fully saturated rings. The Balaban J connectivity index is 1.88. The number of benzene rings is 1. The minimum atomic E-state index is -0.526. The number of aromatic amines is 1. The molecular weight excluding hydrogens is 317 g/mol. The largest absolute Gasteiger partial charge is 0.494 e. The van der Waals surface area contributed by atoms with E-state index in [1.807, 2.05) is 66.7 Å². The van der Waals surface area contributed by atoms with Crippen LogP contribution in [0.25, 0.3) is 10.9 Å². The summed E-state index contributed by atoms with van der Waals surface area (Å²) in [4.78, 5) is 15.4. The van der Waals surface area contributed by atoms with Gasteiger partial charge in [0, 0.05) is 10.9 Å². The number of H-pyrrole nitrogens is 1. The third-order valence-electron chi connectivity index (χ3n) is 4.79. The average Bonchev–Trinajstić information content (AvgIpc) is 2.95. The lowest BCUT2D eigenvalue weighted by molar-refractivity contribution is 0.00578. The first-order chi connectivity index (χ1) is 11.4. The van der Waals surface area contributed by atoms with Crippen molar-refractivity contribution >= 4 is 29.5 Å². The smallest absolute Gasteiger partial charge is 0.455 e. The number of esters is 1. The molecule has 1 aromatic heterocycles. The number of hydrogen-bond donors (Lipinski definition) is 1. The van der Waals surface area contributed by atoms with Gasteiger partial charge in [-0.1, -0.05) is 12.1 Å². The molecule has 0 radical (unpaired) electrons. The van der Waals surface area contributed by atoms with Crippen LogP contribution in [0.3, 0.4) is 0 Å². The van der Waals surface area contributed by atoms with E-state index in [1.165, 1.54) is 0 Å². The third kappa shape index (κ3) is 3.46. The van der Waals surface area contributed by atoms with E-state index in [1.54, 1.807) is 6.07 Å². The quantitative estimate of drug-likeness (QED) is 0.670. The van der Waals surface area contributed by atoms with Gasteiger partial charge in [0.2, 0.25) is 0 Å². The van der Waals surface area contributed by atoms with Gasteiger partial charge in [-0.25, -0.2) is 4.79 Å². The summed E-state index contributed by atoms with van der Waals surface area (Å²) in [6, 6.07) is 7.69. The highest BCUT2D eigenvalue weighted by Gasteiger charge is 2.51. The van der Waals surface area contributed by atoms with Crippen molar-refractivity contribution in [2.75, 3.05) is 0 Å². The zero-order valence-electron chi connectivity index (χ0n) is 16.0. The van der Waals surface area contributed by atoms with Crippen molar-refractivity contribution in [3.8, 4) is 0 Å². The molecule has 134 valence electrons. The number of aromatic nitrogens is 1. The van der Waals surface area contributed by atoms with E-state index in [-0.39, 0.29) is 17.2 Å². The van der Waals surface area contributed by atoms with E-state index in [4.69, 9.17) is 14.0 Å². The molecule has 1 aromatic carbocycles. The lowest BCUT2D eigenvalue weighted by Crippen LogP contribution is -2.41. The first-order valence-electron chi connectivity index (χ1n) is 8.60. The number of hydrogen-bond acceptors (Lipinski definition) is 4. The maximum Gasteiger partial charge on any atom is 0.494 e. The maximum absolute atomic E-state index is 12.2. The predicted molar refractivity (Wildman–Crippen MR) is 99.2 cm³/mol. The van der Waals surface area contributed by atoms with Crippen molar-refractivity contribution in [1.29, 1.82) is 0 Å². The average molecular weight is 343 g/mol. The number of nitrogens with one attached hydrogen (secondary N) is 1. The number of rotatable bonds is 2. The molecule has 0 atom stereocenters. The molecule has 0 unspecified atom stereocenters. The van der Waals surface area contributed by atoms with Crippen molar-refractivity contribution in [3.63, 3.8) is 0 Å². The first kappa shape index (κ1) is 18.0. The van der Waals surface area contributed by atoms with E-state index in [0.29, 0.717) is 5.69 Å². The second-order valence-electron chi connectivity index (χ2n) is 8.62. The standard InChI is InChI=1S/C19H26BNO4/c1-17(2,3)23-16(22)15-10-12-8-9-13(11-14(12)21-15)20-24-18(4,5)19(6,7)25-20/h8-11,21H,1-7H3. The fourth-order valence-corrected chi connectivity index (χ4v) is 2.71. The SMILES string of the molecule is CC(C)(C)OC(=O)c1cc2ccc(B3OC(C)(C)C(C)(C)O3)cc2[nH]1. The number of carbonyl (C=O) groups excluding carboxylic acids is 1. The Kier molecular flexibility index (Phi) is 4.04. The van der Waals surface area contributed by atoms with Gasteiger partial charge >= 0.3 is 13.1 Å². The molecule has 6 heteroatoms. The summed E-state index contributed by atoms with van der Waals surface area (Å²) in [6.07, 6.45) is 0. The number of carbonyl (C=O) groups is 1. The minimum Gasteiger partial charge on any atom is -0.455 e. The van der Waals surface area contributed by atoms with Crippen LogP contribution in [0.2, 0.25) is 0 Å². The van der Waals surface area contributed by atoms with Crippen molar-refractivity contribution < 1.29 is 18.8 Å². The fraction of sp³-hybridized carbons (Fsp3) is 0.526. The van der Waals surface area contributed by atoms with Crippen molar-refractivity contribution in [1.82, 2.24) is 4.98 Å². The molecule has 25 heavy (non-hydrogen) atoms. The monoisotopic (exact) mass is 343 g/mol. The maximum atomic E-state index is 12.2. The molecule has 0 spiro atoms. The molecule has 2 aromatic rings. The highest BCUT2D eigenvalue weighted by molar-refractivity contribution is 6.62. The Hall–Kier alpha value is -1.79. The molecule has 1 aliphatic rings. The molecule has 0 bridgehead atoms. The van der Waals surface area contributed by atoms with Crippen molar-refractivity contribution in [2.24, 2.45) is 0 Å². The zero-order chi connectivity index (χ0) is 18.6. The summed E-state index contributed by atoms with van der Waals surface area (Å²) in [5.41, 5.74) is 0.920. The van der Waals surface area contributed by atoms with Crippen LogP contribution in [0.1, 0.15) is 59.0 Å². The highest BCUT2D eigenvalue weighted by Crippen LogP contribution is 2.36. The minimum absolute atomic E-state index is 0.360. The molecule has 0 saturated carbocycles. The van der Waals surface area contributed by atoms with E-state index < -0.39 is 12.7 Å². The lowest BCUT2D eigenvalue weighted by atomic mass is 9.79. The summed E-state index contributed by atoms with van der Waals surface area (Å²) in [7, 11) is -0.428. The summed E-state index contributed by atoms with van der Waals surface area (Å²) in [5, 5.41) is 0.945. The number of fused-ring (bicyclic) bond motifs is 1. The summed E-state index contributed by atoms with van der Waals surface area (Å²) >= 11 is 0. The van der Waals surface area contributed by atoms with E-state index >= 15 is 0 Å². The van der Waals surface area contributed by atoms with Gasteiger partial charge in [0.05, 0.1) is 11.2 Å². The van der Waals surface area contributed by atoms with Gasteiger partial charge in [0.15, 0.2) is 0 Å². The molecule has 5 nitrogen and oxygen atoms in total. The van der Waals surface area contributed by atoms with Crippen LogP contribution < -0.4 is 5.46 Å². The normalized spacial score (nSPS) is 19.4. The van der Waals surface area contributed by atoms with E-state index in [0.717, 1.165) is 16.4 Å². The Morgan fingerprint density at radius 2 is 1.68 bits per heavy atom. The second-order valence-corrected chi connectivity index (χ2v) is 8.62. The fourth-order valence-electron chi connectivity index (χ4n) is 2.71. The Morgan fingerprint density at radius 1 is 1.08 bits per heavy atom. The second kappa shape index (κ2) is 5.61. The van der Waals surface area contributed by atoms with Gasteiger partial charge in [-0.2, -0.15) is 0 Å². The predicted octanol–water partition coefficient (Wildman–Crippen LogP) is 3.42.